The molecule has 2 aliphatic rings. The molecule has 0 unspecified atom stereocenters. The van der Waals surface area contributed by atoms with Crippen LogP contribution in [0.25, 0.3) is 11.1 Å². The zero-order valence-electron chi connectivity index (χ0n) is 18.8. The van der Waals surface area contributed by atoms with Gasteiger partial charge in [-0.2, -0.15) is 0 Å². The lowest BCUT2D eigenvalue weighted by Crippen LogP contribution is -2.73. The van der Waals surface area contributed by atoms with Gasteiger partial charge in [0, 0.05) is 18.2 Å². The fraction of sp³-hybridized carbons (Fsp3) is 0.259. The third-order valence-corrected chi connectivity index (χ3v) is 6.82. The highest BCUT2D eigenvalue weighted by molar-refractivity contribution is 5.93. The zero-order chi connectivity index (χ0) is 23.8. The second kappa shape index (κ2) is 8.91. The maximum Gasteiger partial charge on any atom is 0.322 e. The summed E-state index contributed by atoms with van der Waals surface area (Å²) in [5, 5.41) is 12.7. The van der Waals surface area contributed by atoms with Crippen molar-refractivity contribution in [2.45, 2.75) is 24.9 Å². The van der Waals surface area contributed by atoms with Crippen molar-refractivity contribution in [3.8, 4) is 11.1 Å². The molecule has 3 aromatic carbocycles. The number of anilines is 1. The number of carbonyl (C=O) groups is 2. The highest BCUT2D eigenvalue weighted by Crippen LogP contribution is 2.43. The summed E-state index contributed by atoms with van der Waals surface area (Å²) in [6, 6.07) is 21.1. The second-order valence-electron chi connectivity index (χ2n) is 8.95. The summed E-state index contributed by atoms with van der Waals surface area (Å²) in [6.07, 6.45) is 0. The third-order valence-electron chi connectivity index (χ3n) is 6.82. The minimum atomic E-state index is -0.402. The van der Waals surface area contributed by atoms with Crippen molar-refractivity contribution in [3.63, 3.8) is 0 Å². The average Bonchev–Trinajstić information content (AvgIpc) is 2.83. The lowest BCUT2D eigenvalue weighted by molar-refractivity contribution is -0.159. The van der Waals surface area contributed by atoms with Crippen LogP contribution in [-0.4, -0.2) is 58.6 Å². The maximum absolute atomic E-state index is 13.2. The quantitative estimate of drug-likeness (QED) is 0.619. The van der Waals surface area contributed by atoms with Crippen LogP contribution in [0.3, 0.4) is 0 Å². The fourth-order valence-corrected chi connectivity index (χ4v) is 5.03. The van der Waals surface area contributed by atoms with E-state index in [1.807, 2.05) is 12.1 Å². The second-order valence-corrected chi connectivity index (χ2v) is 8.95. The van der Waals surface area contributed by atoms with Crippen molar-refractivity contribution in [3.05, 3.63) is 89.7 Å². The van der Waals surface area contributed by atoms with Gasteiger partial charge in [0.05, 0.1) is 18.7 Å². The number of carbonyl (C=O) groups excluding carboxylic acids is 2. The number of nitrogens with one attached hydrogen (secondary N) is 1. The number of amides is 3. The Kier molecular flexibility index (Phi) is 5.79. The van der Waals surface area contributed by atoms with Gasteiger partial charge < -0.3 is 20.2 Å². The minimum Gasteiger partial charge on any atom is -0.394 e. The first-order valence-electron chi connectivity index (χ1n) is 11.3. The van der Waals surface area contributed by atoms with Crippen LogP contribution < -0.4 is 5.32 Å². The predicted molar refractivity (Wildman–Crippen MR) is 128 cm³/mol. The topological polar surface area (TPSA) is 72.9 Å². The Morgan fingerprint density at radius 2 is 1.62 bits per heavy atom. The predicted octanol–water partition coefficient (Wildman–Crippen LogP) is 4.00. The number of hydrogen-bond acceptors (Lipinski definition) is 3. The summed E-state index contributed by atoms with van der Waals surface area (Å²) < 4.78 is 13.2. The number of aliphatic hydroxyl groups excluding tert-OH is 1. The van der Waals surface area contributed by atoms with E-state index in [1.54, 1.807) is 4.90 Å². The number of rotatable bonds is 4. The fourth-order valence-electron chi connectivity index (χ4n) is 5.03. The van der Waals surface area contributed by atoms with Crippen molar-refractivity contribution >= 4 is 17.6 Å². The summed E-state index contributed by atoms with van der Waals surface area (Å²) >= 11 is 0. The molecule has 174 valence electrons. The zero-order valence-corrected chi connectivity index (χ0v) is 18.8. The van der Waals surface area contributed by atoms with E-state index in [0.29, 0.717) is 12.2 Å². The monoisotopic (exact) mass is 459 g/mol. The molecule has 2 saturated heterocycles. The van der Waals surface area contributed by atoms with E-state index in [1.165, 1.54) is 34.7 Å². The molecule has 0 spiro atoms. The number of piperazine rings is 1. The van der Waals surface area contributed by atoms with Gasteiger partial charge in [0.2, 0.25) is 5.91 Å². The lowest BCUT2D eigenvalue weighted by atomic mass is 9.73. The van der Waals surface area contributed by atoms with E-state index in [0.717, 1.165) is 16.7 Å². The largest absolute Gasteiger partial charge is 0.394 e. The van der Waals surface area contributed by atoms with Gasteiger partial charge in [-0.1, -0.05) is 54.1 Å². The van der Waals surface area contributed by atoms with Gasteiger partial charge in [0.1, 0.15) is 12.4 Å². The summed E-state index contributed by atoms with van der Waals surface area (Å²) in [4.78, 5) is 28.8. The van der Waals surface area contributed by atoms with E-state index in [-0.39, 0.29) is 42.9 Å². The molecule has 0 radical (unpaired) electrons. The summed E-state index contributed by atoms with van der Waals surface area (Å²) in [6.45, 7) is 2.23. The molecule has 3 amide bonds. The van der Waals surface area contributed by atoms with Gasteiger partial charge in [0.25, 0.3) is 0 Å². The average molecular weight is 460 g/mol. The number of hydrogen-bond donors (Lipinski definition) is 2. The number of aryl methyl sites for hydroxylation is 1. The molecule has 3 atom stereocenters. The Morgan fingerprint density at radius 1 is 1.00 bits per heavy atom. The number of fused-ring (bicyclic) bond motifs is 1. The molecule has 2 heterocycles. The number of urea groups is 1. The van der Waals surface area contributed by atoms with Crippen molar-refractivity contribution in [2.75, 3.05) is 25.0 Å². The Labute approximate surface area is 197 Å². The van der Waals surface area contributed by atoms with Crippen LogP contribution in [0.5, 0.6) is 0 Å². The van der Waals surface area contributed by atoms with Gasteiger partial charge >= 0.3 is 6.03 Å². The molecule has 7 heteroatoms. The Balaban J connectivity index is 1.33. The van der Waals surface area contributed by atoms with E-state index in [9.17, 15) is 19.1 Å². The van der Waals surface area contributed by atoms with Crippen LogP contribution in [0, 0.1) is 12.7 Å². The molecular weight excluding hydrogens is 433 g/mol. The molecule has 5 rings (SSSR count). The Bertz CT molecular complexity index is 1200. The Hall–Kier alpha value is -3.71. The van der Waals surface area contributed by atoms with Crippen LogP contribution in [0.1, 0.15) is 17.0 Å². The van der Waals surface area contributed by atoms with E-state index >= 15 is 0 Å². The van der Waals surface area contributed by atoms with Crippen molar-refractivity contribution in [1.29, 1.82) is 0 Å². The smallest absolute Gasteiger partial charge is 0.322 e. The number of aliphatic hydroxyl groups is 1. The SMILES string of the molecule is Cc1ccc(-c2ccc([C@@H]3[C@@H](CO)N4C(=O)CN(C(=O)Nc5ccc(F)cc5)C[C@H]34)cc2)cc1. The van der Waals surface area contributed by atoms with Crippen LogP contribution in [0.15, 0.2) is 72.8 Å². The maximum atomic E-state index is 13.2. The molecule has 6 nitrogen and oxygen atoms in total. The van der Waals surface area contributed by atoms with E-state index < -0.39 is 6.03 Å². The lowest BCUT2D eigenvalue weighted by Gasteiger charge is -2.58. The third kappa shape index (κ3) is 4.03. The summed E-state index contributed by atoms with van der Waals surface area (Å²) in [5.41, 5.74) is 4.93. The number of halogens is 1. The van der Waals surface area contributed by atoms with E-state index in [2.05, 4.69) is 48.6 Å². The first-order chi connectivity index (χ1) is 16.4. The van der Waals surface area contributed by atoms with Crippen molar-refractivity contribution in [1.82, 2.24) is 9.80 Å². The number of benzene rings is 3. The van der Waals surface area contributed by atoms with Gasteiger partial charge in [-0.05, 0) is 47.9 Å². The molecule has 2 aliphatic heterocycles. The van der Waals surface area contributed by atoms with Crippen LogP contribution >= 0.6 is 0 Å². The molecule has 0 saturated carbocycles. The van der Waals surface area contributed by atoms with E-state index in [4.69, 9.17) is 0 Å². The van der Waals surface area contributed by atoms with Gasteiger partial charge in [-0.3, -0.25) is 4.79 Å². The standard InChI is InChI=1S/C27H26FN3O3/c1-17-2-4-18(5-3-17)19-6-8-20(9-7-19)26-23-14-30(15-25(33)31(23)24(26)16-32)27(34)29-22-12-10-21(28)11-13-22/h2-13,23-24,26,32H,14-16H2,1H3,(H,29,34)/t23-,24-,26+/m1/s1. The molecule has 0 bridgehead atoms. The summed E-state index contributed by atoms with van der Waals surface area (Å²) in [5.74, 6) is -0.637. The van der Waals surface area contributed by atoms with Crippen molar-refractivity contribution in [2.24, 2.45) is 0 Å². The first kappa shape index (κ1) is 22.1. The van der Waals surface area contributed by atoms with Crippen LogP contribution in [0.4, 0.5) is 14.9 Å². The number of nitrogens with zero attached hydrogens (tertiary/aromatic N) is 2. The molecule has 0 aromatic heterocycles. The van der Waals surface area contributed by atoms with Gasteiger partial charge in [-0.25, -0.2) is 9.18 Å². The van der Waals surface area contributed by atoms with Crippen molar-refractivity contribution < 1.29 is 19.1 Å². The highest BCUT2D eigenvalue weighted by atomic mass is 19.1. The molecule has 3 aromatic rings. The molecule has 2 N–H and O–H groups in total. The van der Waals surface area contributed by atoms with Gasteiger partial charge in [0.15, 0.2) is 0 Å². The molecule has 0 aliphatic carbocycles. The highest BCUT2D eigenvalue weighted by Gasteiger charge is 2.54. The van der Waals surface area contributed by atoms with Gasteiger partial charge in [-0.15, -0.1) is 0 Å². The Morgan fingerprint density at radius 3 is 2.24 bits per heavy atom. The molecule has 34 heavy (non-hydrogen) atoms. The molecule has 2 fully saturated rings. The normalized spacial score (nSPS) is 21.6. The minimum absolute atomic E-state index is 0.0564. The van der Waals surface area contributed by atoms with Crippen LogP contribution in [0.2, 0.25) is 0 Å². The molecular formula is C27H26FN3O3. The first-order valence-corrected chi connectivity index (χ1v) is 11.3. The van der Waals surface area contributed by atoms with Crippen LogP contribution in [-0.2, 0) is 4.79 Å². The summed E-state index contributed by atoms with van der Waals surface area (Å²) in [7, 11) is 0.